The Balaban J connectivity index is 3.09. The van der Waals surface area contributed by atoms with Crippen LogP contribution in [0.5, 0.6) is 0 Å². The highest BCUT2D eigenvalue weighted by Gasteiger charge is 2.05. The van der Waals surface area contributed by atoms with E-state index >= 15 is 0 Å². The summed E-state index contributed by atoms with van der Waals surface area (Å²) in [7, 11) is 0. The summed E-state index contributed by atoms with van der Waals surface area (Å²) in [5.74, 6) is 0.210. The van der Waals surface area contributed by atoms with Gasteiger partial charge in [0.05, 0.1) is 12.7 Å². The minimum absolute atomic E-state index is 0.210. The lowest BCUT2D eigenvalue weighted by Crippen LogP contribution is -2.19. The van der Waals surface area contributed by atoms with E-state index in [1.807, 2.05) is 0 Å². The lowest BCUT2D eigenvalue weighted by molar-refractivity contribution is 0.0994. The molecule has 24 heavy (non-hydrogen) atoms. The zero-order valence-electron chi connectivity index (χ0n) is 16.2. The van der Waals surface area contributed by atoms with Gasteiger partial charge in [-0.1, -0.05) is 90.4 Å². The van der Waals surface area contributed by atoms with Crippen molar-refractivity contribution >= 4 is 0 Å². The first-order chi connectivity index (χ1) is 11.8. The Morgan fingerprint density at radius 1 is 0.792 bits per heavy atom. The topological polar surface area (TPSA) is 59.0 Å². The van der Waals surface area contributed by atoms with Crippen molar-refractivity contribution in [3.05, 3.63) is 0 Å². The molecule has 1 unspecified atom stereocenters. The van der Waals surface area contributed by atoms with Gasteiger partial charge in [0.1, 0.15) is 0 Å². The second kappa shape index (κ2) is 20.5. The van der Waals surface area contributed by atoms with Crippen molar-refractivity contribution in [2.24, 2.45) is 11.7 Å². The fourth-order valence-corrected chi connectivity index (χ4v) is 2.99. The van der Waals surface area contributed by atoms with Crippen LogP contribution in [0, 0.1) is 17.2 Å². The quantitative estimate of drug-likeness (QED) is 0.295. The Hall–Kier alpha value is -0.590. The van der Waals surface area contributed by atoms with Gasteiger partial charge in [0.15, 0.2) is 0 Å². The number of rotatable bonds is 19. The predicted octanol–water partition coefficient (Wildman–Crippen LogP) is 5.97. The van der Waals surface area contributed by atoms with Gasteiger partial charge in [0, 0.05) is 18.9 Å². The van der Waals surface area contributed by atoms with E-state index in [-0.39, 0.29) is 5.92 Å². The Labute approximate surface area is 151 Å². The van der Waals surface area contributed by atoms with Crippen molar-refractivity contribution in [2.75, 3.05) is 19.8 Å². The third-order valence-electron chi connectivity index (χ3n) is 4.71. The molecule has 0 spiro atoms. The van der Waals surface area contributed by atoms with Crippen LogP contribution in [-0.4, -0.2) is 19.8 Å². The zero-order chi connectivity index (χ0) is 17.7. The summed E-state index contributed by atoms with van der Waals surface area (Å²) in [6.07, 6.45) is 19.8. The molecule has 0 aliphatic carbocycles. The summed E-state index contributed by atoms with van der Waals surface area (Å²) in [4.78, 5) is 0. The summed E-state index contributed by atoms with van der Waals surface area (Å²) in [5.41, 5.74) is 5.59. The second-order valence-corrected chi connectivity index (χ2v) is 7.14. The molecule has 3 heteroatoms. The molecule has 3 nitrogen and oxygen atoms in total. The van der Waals surface area contributed by atoms with Gasteiger partial charge in [0.25, 0.3) is 0 Å². The fourth-order valence-electron chi connectivity index (χ4n) is 2.99. The van der Waals surface area contributed by atoms with Crippen LogP contribution in [0.2, 0.25) is 0 Å². The SMILES string of the molecule is CCCCCCCCCCCCCCCCOCC(CN)CC#N. The van der Waals surface area contributed by atoms with Gasteiger partial charge in [-0.3, -0.25) is 0 Å². The normalized spacial score (nSPS) is 12.2. The molecule has 0 amide bonds. The molecule has 0 bridgehead atoms. The van der Waals surface area contributed by atoms with Crippen LogP contribution in [0.1, 0.15) is 103 Å². The average Bonchev–Trinajstić information content (AvgIpc) is 2.60. The van der Waals surface area contributed by atoms with Gasteiger partial charge in [-0.15, -0.1) is 0 Å². The number of hydrogen-bond acceptors (Lipinski definition) is 3. The van der Waals surface area contributed by atoms with Crippen LogP contribution < -0.4 is 5.73 Å². The maximum Gasteiger partial charge on any atom is 0.0626 e. The minimum Gasteiger partial charge on any atom is -0.381 e. The van der Waals surface area contributed by atoms with Crippen molar-refractivity contribution in [2.45, 2.75) is 103 Å². The molecule has 0 aromatic rings. The Morgan fingerprint density at radius 2 is 1.25 bits per heavy atom. The Kier molecular flexibility index (Phi) is 20.0. The molecule has 0 aromatic carbocycles. The van der Waals surface area contributed by atoms with Crippen LogP contribution in [0.15, 0.2) is 0 Å². The smallest absolute Gasteiger partial charge is 0.0626 e. The molecule has 2 N–H and O–H groups in total. The van der Waals surface area contributed by atoms with E-state index in [0.717, 1.165) is 13.0 Å². The summed E-state index contributed by atoms with van der Waals surface area (Å²) in [5, 5.41) is 8.64. The van der Waals surface area contributed by atoms with E-state index in [1.54, 1.807) is 0 Å². The van der Waals surface area contributed by atoms with E-state index < -0.39 is 0 Å². The first-order valence-electron chi connectivity index (χ1n) is 10.5. The number of unbranched alkanes of at least 4 members (excludes halogenated alkanes) is 13. The highest BCUT2D eigenvalue weighted by molar-refractivity contribution is 4.75. The third-order valence-corrected chi connectivity index (χ3v) is 4.71. The van der Waals surface area contributed by atoms with Crippen molar-refractivity contribution in [3.8, 4) is 6.07 Å². The fraction of sp³-hybridized carbons (Fsp3) is 0.952. The maximum atomic E-state index is 8.64. The summed E-state index contributed by atoms with van der Waals surface area (Å²) in [6, 6.07) is 2.16. The largest absolute Gasteiger partial charge is 0.381 e. The first kappa shape index (κ1) is 23.4. The predicted molar refractivity (Wildman–Crippen MR) is 104 cm³/mol. The molecule has 0 aromatic heterocycles. The zero-order valence-corrected chi connectivity index (χ0v) is 16.2. The lowest BCUT2D eigenvalue weighted by atomic mass is 10.0. The van der Waals surface area contributed by atoms with Gasteiger partial charge in [-0.05, 0) is 13.0 Å². The number of ether oxygens (including phenoxy) is 1. The molecule has 0 saturated heterocycles. The molecular formula is C21H42N2O. The van der Waals surface area contributed by atoms with Crippen molar-refractivity contribution < 1.29 is 4.74 Å². The van der Waals surface area contributed by atoms with Gasteiger partial charge in [-0.25, -0.2) is 0 Å². The van der Waals surface area contributed by atoms with Crippen LogP contribution in [0.3, 0.4) is 0 Å². The molecule has 142 valence electrons. The van der Waals surface area contributed by atoms with Gasteiger partial charge in [-0.2, -0.15) is 5.26 Å². The highest BCUT2D eigenvalue weighted by Crippen LogP contribution is 2.13. The van der Waals surface area contributed by atoms with E-state index in [4.69, 9.17) is 15.7 Å². The summed E-state index contributed by atoms with van der Waals surface area (Å²) >= 11 is 0. The summed E-state index contributed by atoms with van der Waals surface area (Å²) in [6.45, 7) is 4.29. The molecule has 0 fully saturated rings. The average molecular weight is 339 g/mol. The van der Waals surface area contributed by atoms with Crippen molar-refractivity contribution in [1.29, 1.82) is 5.26 Å². The monoisotopic (exact) mass is 338 g/mol. The second-order valence-electron chi connectivity index (χ2n) is 7.14. The van der Waals surface area contributed by atoms with Gasteiger partial charge < -0.3 is 10.5 Å². The number of nitriles is 1. The van der Waals surface area contributed by atoms with E-state index in [0.29, 0.717) is 19.6 Å². The molecule has 0 saturated carbocycles. The molecule has 1 atom stereocenters. The molecular weight excluding hydrogens is 296 g/mol. The van der Waals surface area contributed by atoms with Crippen molar-refractivity contribution in [3.63, 3.8) is 0 Å². The lowest BCUT2D eigenvalue weighted by Gasteiger charge is -2.11. The standard InChI is InChI=1S/C21H42N2O/c1-2-3-4-5-6-7-8-9-10-11-12-13-14-15-18-24-20-21(19-23)16-17-22/h21H,2-16,18-20,23H2,1H3. The highest BCUT2D eigenvalue weighted by atomic mass is 16.5. The third kappa shape index (κ3) is 17.8. The molecule has 0 heterocycles. The number of nitrogens with two attached hydrogens (primary N) is 1. The number of nitrogens with zero attached hydrogens (tertiary/aromatic N) is 1. The maximum absolute atomic E-state index is 8.64. The Morgan fingerprint density at radius 3 is 1.67 bits per heavy atom. The minimum atomic E-state index is 0.210. The molecule has 0 aliphatic heterocycles. The van der Waals surface area contributed by atoms with E-state index in [1.165, 1.54) is 83.5 Å². The van der Waals surface area contributed by atoms with Gasteiger partial charge in [0.2, 0.25) is 0 Å². The van der Waals surface area contributed by atoms with Crippen LogP contribution in [0.25, 0.3) is 0 Å². The van der Waals surface area contributed by atoms with Crippen LogP contribution in [0.4, 0.5) is 0 Å². The van der Waals surface area contributed by atoms with E-state index in [9.17, 15) is 0 Å². The Bertz CT molecular complexity index is 276. The van der Waals surface area contributed by atoms with Gasteiger partial charge >= 0.3 is 0 Å². The van der Waals surface area contributed by atoms with Crippen LogP contribution >= 0.6 is 0 Å². The van der Waals surface area contributed by atoms with Crippen LogP contribution in [-0.2, 0) is 4.74 Å². The van der Waals surface area contributed by atoms with Crippen molar-refractivity contribution in [1.82, 2.24) is 0 Å². The van der Waals surface area contributed by atoms with E-state index in [2.05, 4.69) is 13.0 Å². The molecule has 0 aliphatic rings. The summed E-state index contributed by atoms with van der Waals surface area (Å²) < 4.78 is 5.62. The number of hydrogen-bond donors (Lipinski definition) is 1. The molecule has 0 radical (unpaired) electrons. The first-order valence-corrected chi connectivity index (χ1v) is 10.5. The molecule has 0 rings (SSSR count).